The lowest BCUT2D eigenvalue weighted by Gasteiger charge is -2.25. The molecule has 0 rings (SSSR count). The molecule has 0 aliphatic rings. The summed E-state index contributed by atoms with van der Waals surface area (Å²) in [5, 5.41) is 0. The van der Waals surface area contributed by atoms with Crippen LogP contribution in [0.5, 0.6) is 0 Å². The summed E-state index contributed by atoms with van der Waals surface area (Å²) in [6, 6.07) is 0. The first kappa shape index (κ1) is 47.8. The second kappa shape index (κ2) is 36.5. The van der Waals surface area contributed by atoms with E-state index in [0.29, 0.717) is 6.42 Å². The molecule has 49 heavy (non-hydrogen) atoms. The lowest BCUT2D eigenvalue weighted by molar-refractivity contribution is -0.228. The Hall–Kier alpha value is -1.25. The van der Waals surface area contributed by atoms with Crippen LogP contribution in [0, 0.1) is 0 Å². The molecule has 10 heteroatoms. The van der Waals surface area contributed by atoms with E-state index in [0.717, 1.165) is 51.4 Å². The molecule has 0 aliphatic heterocycles. The molecule has 0 aromatic heterocycles. The number of hydrogen-bond acceptors (Lipinski definition) is 9. The first-order chi connectivity index (χ1) is 23.8. The van der Waals surface area contributed by atoms with Crippen LogP contribution < -0.4 is 10.6 Å². The van der Waals surface area contributed by atoms with Crippen molar-refractivity contribution in [1.82, 2.24) is 0 Å². The third kappa shape index (κ3) is 36.3. The first-order valence-corrected chi connectivity index (χ1v) is 21.6. The van der Waals surface area contributed by atoms with E-state index in [2.05, 4.69) is 30.5 Å². The van der Waals surface area contributed by atoms with Crippen molar-refractivity contribution in [2.75, 3.05) is 26.4 Å². The minimum Gasteiger partial charge on any atom is -0.756 e. The molecule has 0 aliphatic carbocycles. The minimum atomic E-state index is -4.62. The van der Waals surface area contributed by atoms with Crippen LogP contribution >= 0.6 is 7.82 Å². The summed E-state index contributed by atoms with van der Waals surface area (Å²) in [5.41, 5.74) is 5.31. The minimum absolute atomic E-state index is 0.0146. The van der Waals surface area contributed by atoms with E-state index < -0.39 is 32.5 Å². The van der Waals surface area contributed by atoms with Crippen LogP contribution in [0.25, 0.3) is 0 Å². The Labute approximate surface area is 300 Å². The van der Waals surface area contributed by atoms with Crippen LogP contribution in [-0.2, 0) is 32.7 Å². The zero-order valence-electron chi connectivity index (χ0n) is 31.7. The monoisotopic (exact) mass is 717 g/mol. The zero-order valence-corrected chi connectivity index (χ0v) is 32.5. The summed E-state index contributed by atoms with van der Waals surface area (Å²) in [6.45, 7) is 3.52. The third-order valence-electron chi connectivity index (χ3n) is 8.64. The number of unbranched alkanes of at least 4 members (excludes halogenated alkanes) is 23. The smallest absolute Gasteiger partial charge is 0.306 e. The maximum absolute atomic E-state index is 12.5. The van der Waals surface area contributed by atoms with Gasteiger partial charge in [0.2, 0.25) is 0 Å². The number of carbonyl (C=O) groups excluding carboxylic acids is 2. The van der Waals surface area contributed by atoms with Gasteiger partial charge in [0.25, 0.3) is 7.82 Å². The van der Waals surface area contributed by atoms with Gasteiger partial charge in [0.1, 0.15) is 6.61 Å². The number of nitrogens with two attached hydrogens (primary N) is 1. The van der Waals surface area contributed by atoms with Gasteiger partial charge in [-0.25, -0.2) is 0 Å². The average Bonchev–Trinajstić information content (AvgIpc) is 3.08. The third-order valence-corrected chi connectivity index (χ3v) is 9.61. The maximum atomic E-state index is 12.5. The van der Waals surface area contributed by atoms with Gasteiger partial charge in [-0.05, 0) is 38.5 Å². The molecule has 290 valence electrons. The highest BCUT2D eigenvalue weighted by molar-refractivity contribution is 7.45. The molecule has 1 unspecified atom stereocenters. The molecule has 0 amide bonds. The SMILES string of the molecule is CCCCCC/C=C\CCCCCCCC(=O)O[C@H](COC(=O)CCCCCCCCCCCCCCCCC)COP(=O)([O-])OCCN. The molecule has 9 nitrogen and oxygen atoms in total. The number of allylic oxidation sites excluding steroid dienone is 2. The van der Waals surface area contributed by atoms with Gasteiger partial charge in [-0.1, -0.05) is 154 Å². The number of phosphoric acid groups is 1. The summed E-state index contributed by atoms with van der Waals surface area (Å²) >= 11 is 0. The molecule has 2 atom stereocenters. The van der Waals surface area contributed by atoms with Gasteiger partial charge in [-0.2, -0.15) is 0 Å². The summed E-state index contributed by atoms with van der Waals surface area (Å²) in [4.78, 5) is 36.8. The normalized spacial score (nSPS) is 13.5. The van der Waals surface area contributed by atoms with E-state index in [1.54, 1.807) is 0 Å². The van der Waals surface area contributed by atoms with Gasteiger partial charge >= 0.3 is 11.9 Å². The Bertz CT molecular complexity index is 825. The lowest BCUT2D eigenvalue weighted by Crippen LogP contribution is -2.30. The number of carbonyl (C=O) groups is 2. The molecular formula is C39H75NO8P-. The summed E-state index contributed by atoms with van der Waals surface area (Å²) in [6.07, 6.45) is 35.0. The number of hydrogen-bond donors (Lipinski definition) is 1. The van der Waals surface area contributed by atoms with E-state index >= 15 is 0 Å². The van der Waals surface area contributed by atoms with Crippen molar-refractivity contribution in [3.05, 3.63) is 12.2 Å². The van der Waals surface area contributed by atoms with Crippen LogP contribution in [0.2, 0.25) is 0 Å². The standard InChI is InChI=1S/C39H76NO8P/c1-3-5-7-9-11-13-15-17-18-20-21-23-25-27-29-31-38(41)45-35-37(36-47-49(43,44)46-34-33-40)48-39(42)32-30-28-26-24-22-19-16-14-12-10-8-6-4-2/h14,16,37H,3-13,15,17-36,40H2,1-2H3,(H,43,44)/p-1/b16-14-/t37-/m1/s1. The highest BCUT2D eigenvalue weighted by atomic mass is 31.2. The molecule has 2 N–H and O–H groups in total. The fourth-order valence-electron chi connectivity index (χ4n) is 5.62. The molecule has 0 fully saturated rings. The molecule has 0 radical (unpaired) electrons. The fraction of sp³-hybridized carbons (Fsp3) is 0.897. The molecule has 0 heterocycles. The highest BCUT2D eigenvalue weighted by Gasteiger charge is 2.21. The Kier molecular flexibility index (Phi) is 35.6. The van der Waals surface area contributed by atoms with Crippen molar-refractivity contribution in [2.45, 2.75) is 200 Å². The molecule has 0 aromatic carbocycles. The second-order valence-corrected chi connectivity index (χ2v) is 14.9. The molecule has 0 saturated heterocycles. The van der Waals surface area contributed by atoms with E-state index in [1.165, 1.54) is 109 Å². The highest BCUT2D eigenvalue weighted by Crippen LogP contribution is 2.38. The first-order valence-electron chi connectivity index (χ1n) is 20.1. The van der Waals surface area contributed by atoms with Gasteiger partial charge in [-0.15, -0.1) is 0 Å². The van der Waals surface area contributed by atoms with E-state index in [-0.39, 0.29) is 32.6 Å². The predicted molar refractivity (Wildman–Crippen MR) is 199 cm³/mol. The van der Waals surface area contributed by atoms with Gasteiger partial charge in [0.15, 0.2) is 6.10 Å². The van der Waals surface area contributed by atoms with Crippen LogP contribution in [0.4, 0.5) is 0 Å². The number of ether oxygens (including phenoxy) is 2. The van der Waals surface area contributed by atoms with Gasteiger partial charge in [0, 0.05) is 19.4 Å². The summed E-state index contributed by atoms with van der Waals surface area (Å²) in [5.74, 6) is -0.867. The number of phosphoric ester groups is 1. The van der Waals surface area contributed by atoms with Crippen molar-refractivity contribution in [3.63, 3.8) is 0 Å². The Balaban J connectivity index is 4.17. The number of rotatable bonds is 38. The van der Waals surface area contributed by atoms with Crippen LogP contribution in [-0.4, -0.2) is 44.4 Å². The van der Waals surface area contributed by atoms with Gasteiger partial charge in [0.05, 0.1) is 13.2 Å². The van der Waals surface area contributed by atoms with E-state index in [4.69, 9.17) is 19.7 Å². The summed E-state index contributed by atoms with van der Waals surface area (Å²) in [7, 11) is -4.62. The molecule has 0 spiro atoms. The molecular weight excluding hydrogens is 641 g/mol. The van der Waals surface area contributed by atoms with Crippen LogP contribution in [0.1, 0.15) is 194 Å². The predicted octanol–water partition coefficient (Wildman–Crippen LogP) is 10.4. The Morgan fingerprint density at radius 3 is 1.47 bits per heavy atom. The van der Waals surface area contributed by atoms with E-state index in [9.17, 15) is 19.0 Å². The topological polar surface area (TPSA) is 137 Å². The van der Waals surface area contributed by atoms with Crippen LogP contribution in [0.3, 0.4) is 0 Å². The zero-order chi connectivity index (χ0) is 36.1. The average molecular weight is 717 g/mol. The Morgan fingerprint density at radius 2 is 1.00 bits per heavy atom. The van der Waals surface area contributed by atoms with Gasteiger partial charge in [-0.3, -0.25) is 14.2 Å². The van der Waals surface area contributed by atoms with Crippen molar-refractivity contribution < 1.29 is 37.6 Å². The van der Waals surface area contributed by atoms with Crippen molar-refractivity contribution in [1.29, 1.82) is 0 Å². The second-order valence-electron chi connectivity index (χ2n) is 13.5. The van der Waals surface area contributed by atoms with Crippen molar-refractivity contribution in [3.8, 4) is 0 Å². The molecule has 0 saturated carbocycles. The lowest BCUT2D eigenvalue weighted by atomic mass is 10.0. The van der Waals surface area contributed by atoms with Crippen molar-refractivity contribution >= 4 is 19.8 Å². The van der Waals surface area contributed by atoms with Crippen molar-refractivity contribution in [2.24, 2.45) is 5.73 Å². The fourth-order valence-corrected chi connectivity index (χ4v) is 6.37. The maximum Gasteiger partial charge on any atom is 0.306 e. The quantitative estimate of drug-likeness (QED) is 0.0286. The summed E-state index contributed by atoms with van der Waals surface area (Å²) < 4.78 is 32.3. The largest absolute Gasteiger partial charge is 0.756 e. The van der Waals surface area contributed by atoms with Crippen LogP contribution in [0.15, 0.2) is 12.2 Å². The molecule has 0 bridgehead atoms. The molecule has 0 aromatic rings. The number of esters is 2. The Morgan fingerprint density at radius 1 is 0.592 bits per heavy atom. The van der Waals surface area contributed by atoms with Gasteiger partial charge < -0.3 is 29.1 Å². The van der Waals surface area contributed by atoms with E-state index in [1.807, 2.05) is 0 Å².